The summed E-state index contributed by atoms with van der Waals surface area (Å²) in [6, 6.07) is 24.2. The number of hydrogen-bond donors (Lipinski definition) is 3. The number of nitrogens with zero attached hydrogens (tertiary/aromatic N) is 2. The quantitative estimate of drug-likeness (QED) is 0.522. The molecule has 2 aliphatic rings. The van der Waals surface area contributed by atoms with Gasteiger partial charge in [0.15, 0.2) is 0 Å². The molecule has 0 aliphatic carbocycles. The zero-order valence-electron chi connectivity index (χ0n) is 18.8. The third-order valence-electron chi connectivity index (χ3n) is 6.92. The minimum absolute atomic E-state index is 0.0981. The van der Waals surface area contributed by atoms with E-state index in [2.05, 4.69) is 45.4 Å². The topological polar surface area (TPSA) is 87.6 Å². The number of nitrogens with one attached hydrogen (secondary N) is 1. The lowest BCUT2D eigenvalue weighted by atomic mass is 9.89. The van der Waals surface area contributed by atoms with Crippen molar-refractivity contribution in [2.24, 2.45) is 0 Å². The maximum Gasteiger partial charge on any atom is 0.255 e. The van der Waals surface area contributed by atoms with Crippen LogP contribution in [0.2, 0.25) is 0 Å². The minimum atomic E-state index is -0.240. The van der Waals surface area contributed by atoms with E-state index in [1.807, 2.05) is 36.4 Å². The molecular formula is C27H31N5O. The van der Waals surface area contributed by atoms with Gasteiger partial charge >= 0.3 is 0 Å². The molecule has 0 saturated carbocycles. The van der Waals surface area contributed by atoms with Crippen LogP contribution in [0, 0.1) is 0 Å². The van der Waals surface area contributed by atoms with Crippen molar-refractivity contribution in [2.75, 3.05) is 42.5 Å². The summed E-state index contributed by atoms with van der Waals surface area (Å²) in [6.07, 6.45) is 2.11. The summed E-state index contributed by atoms with van der Waals surface area (Å²) in [5, 5.41) is 3.17. The molecule has 1 atom stereocenters. The smallest absolute Gasteiger partial charge is 0.255 e. The first kappa shape index (κ1) is 21.3. The van der Waals surface area contributed by atoms with Gasteiger partial charge in [0, 0.05) is 24.5 Å². The number of amides is 1. The third-order valence-corrected chi connectivity index (χ3v) is 6.92. The second kappa shape index (κ2) is 9.16. The first-order valence-electron chi connectivity index (χ1n) is 11.7. The number of likely N-dealkylation sites (tertiary alicyclic amines) is 1. The molecule has 3 aromatic carbocycles. The molecule has 1 saturated heterocycles. The molecule has 33 heavy (non-hydrogen) atoms. The van der Waals surface area contributed by atoms with Crippen LogP contribution in [0.4, 0.5) is 17.1 Å². The Labute approximate surface area is 195 Å². The van der Waals surface area contributed by atoms with Crippen LogP contribution in [-0.2, 0) is 0 Å². The summed E-state index contributed by atoms with van der Waals surface area (Å²) >= 11 is 0. The van der Waals surface area contributed by atoms with Crippen molar-refractivity contribution in [3.63, 3.8) is 0 Å². The highest BCUT2D eigenvalue weighted by Gasteiger charge is 2.32. The summed E-state index contributed by atoms with van der Waals surface area (Å²) in [7, 11) is 0. The highest BCUT2D eigenvalue weighted by Crippen LogP contribution is 2.35. The van der Waals surface area contributed by atoms with Gasteiger partial charge in [-0.3, -0.25) is 4.79 Å². The van der Waals surface area contributed by atoms with E-state index in [0.717, 1.165) is 37.4 Å². The second-order valence-electron chi connectivity index (χ2n) is 9.04. The van der Waals surface area contributed by atoms with E-state index >= 15 is 0 Å². The Morgan fingerprint density at radius 3 is 2.24 bits per heavy atom. The van der Waals surface area contributed by atoms with E-state index in [-0.39, 0.29) is 12.1 Å². The van der Waals surface area contributed by atoms with E-state index < -0.39 is 0 Å². The predicted octanol–water partition coefficient (Wildman–Crippen LogP) is 3.98. The standard InChI is InChI=1S/C27H31N5O/c28-22-8-6-21(7-9-22)26-30-27(33)24-18-23(29)10-11-25(24)32(26)17-16-31-14-12-20(13-15-31)19-4-2-1-3-5-19/h1-11,18,20,26H,12-17,28-29H2,(H,30,33). The minimum Gasteiger partial charge on any atom is -0.399 e. The molecule has 0 aromatic heterocycles. The molecule has 170 valence electrons. The summed E-state index contributed by atoms with van der Waals surface area (Å²) < 4.78 is 0. The van der Waals surface area contributed by atoms with Crippen LogP contribution >= 0.6 is 0 Å². The van der Waals surface area contributed by atoms with Crippen molar-refractivity contribution in [1.29, 1.82) is 0 Å². The van der Waals surface area contributed by atoms with E-state index in [1.165, 1.54) is 18.4 Å². The van der Waals surface area contributed by atoms with E-state index in [0.29, 0.717) is 22.9 Å². The van der Waals surface area contributed by atoms with Gasteiger partial charge in [0.25, 0.3) is 5.91 Å². The van der Waals surface area contributed by atoms with Crippen LogP contribution in [-0.4, -0.2) is 37.0 Å². The fourth-order valence-corrected chi connectivity index (χ4v) is 5.06. The molecule has 0 spiro atoms. The Hall–Kier alpha value is -3.51. The summed E-state index contributed by atoms with van der Waals surface area (Å²) in [6.45, 7) is 3.91. The number of rotatable bonds is 5. The Morgan fingerprint density at radius 2 is 1.52 bits per heavy atom. The molecule has 1 fully saturated rings. The Morgan fingerprint density at radius 1 is 0.818 bits per heavy atom. The van der Waals surface area contributed by atoms with E-state index in [1.54, 1.807) is 6.07 Å². The third kappa shape index (κ3) is 4.52. The van der Waals surface area contributed by atoms with Crippen molar-refractivity contribution in [1.82, 2.24) is 10.2 Å². The van der Waals surface area contributed by atoms with Gasteiger partial charge in [-0.2, -0.15) is 0 Å². The van der Waals surface area contributed by atoms with Crippen LogP contribution in [0.3, 0.4) is 0 Å². The summed E-state index contributed by atoms with van der Waals surface area (Å²) in [4.78, 5) is 17.7. The number of fused-ring (bicyclic) bond motifs is 1. The normalized spacial score (nSPS) is 19.2. The van der Waals surface area contributed by atoms with Gasteiger partial charge in [0.2, 0.25) is 0 Å². The molecule has 5 rings (SSSR count). The monoisotopic (exact) mass is 441 g/mol. The molecule has 0 bridgehead atoms. The van der Waals surface area contributed by atoms with Gasteiger partial charge in [-0.1, -0.05) is 42.5 Å². The van der Waals surface area contributed by atoms with Crippen molar-refractivity contribution < 1.29 is 4.79 Å². The van der Waals surface area contributed by atoms with Gasteiger partial charge in [0.05, 0.1) is 11.3 Å². The fourth-order valence-electron chi connectivity index (χ4n) is 5.06. The van der Waals surface area contributed by atoms with Crippen molar-refractivity contribution >= 4 is 23.0 Å². The molecule has 5 N–H and O–H groups in total. The van der Waals surface area contributed by atoms with Crippen LogP contribution in [0.15, 0.2) is 72.8 Å². The SMILES string of the molecule is Nc1ccc(C2NC(=O)c3cc(N)ccc3N2CCN2CCC(c3ccccc3)CC2)cc1. The number of carbonyl (C=O) groups excluding carboxylic acids is 1. The maximum absolute atomic E-state index is 12.9. The average Bonchev–Trinajstić information content (AvgIpc) is 2.85. The van der Waals surface area contributed by atoms with Crippen molar-refractivity contribution in [3.8, 4) is 0 Å². The largest absolute Gasteiger partial charge is 0.399 e. The van der Waals surface area contributed by atoms with Gasteiger partial charge in [0.1, 0.15) is 6.17 Å². The van der Waals surface area contributed by atoms with E-state index in [9.17, 15) is 4.79 Å². The van der Waals surface area contributed by atoms with Crippen LogP contribution < -0.4 is 21.7 Å². The molecule has 0 radical (unpaired) electrons. The molecule has 6 nitrogen and oxygen atoms in total. The first-order valence-corrected chi connectivity index (χ1v) is 11.7. The molecule has 6 heteroatoms. The number of carbonyl (C=O) groups is 1. The Bertz CT molecular complexity index is 1110. The van der Waals surface area contributed by atoms with Crippen LogP contribution in [0.5, 0.6) is 0 Å². The average molecular weight is 442 g/mol. The molecule has 2 heterocycles. The number of nitrogen functional groups attached to an aromatic ring is 2. The second-order valence-corrected chi connectivity index (χ2v) is 9.04. The van der Waals surface area contributed by atoms with Gasteiger partial charge in [-0.05, 0) is 73.3 Å². The Balaban J connectivity index is 1.32. The lowest BCUT2D eigenvalue weighted by molar-refractivity contribution is 0.0925. The number of anilines is 3. The zero-order chi connectivity index (χ0) is 22.8. The first-order chi connectivity index (χ1) is 16.1. The molecule has 1 unspecified atom stereocenters. The van der Waals surface area contributed by atoms with Crippen molar-refractivity contribution in [3.05, 3.63) is 89.5 Å². The lowest BCUT2D eigenvalue weighted by Gasteiger charge is -2.41. The highest BCUT2D eigenvalue weighted by molar-refractivity contribution is 6.03. The maximum atomic E-state index is 12.9. The van der Waals surface area contributed by atoms with Gasteiger partial charge < -0.3 is 26.6 Å². The van der Waals surface area contributed by atoms with Crippen LogP contribution in [0.1, 0.15) is 46.4 Å². The molecule has 1 amide bonds. The highest BCUT2D eigenvalue weighted by atomic mass is 16.2. The Kier molecular flexibility index (Phi) is 5.92. The van der Waals surface area contributed by atoms with Gasteiger partial charge in [-0.15, -0.1) is 0 Å². The lowest BCUT2D eigenvalue weighted by Crippen LogP contribution is -2.49. The number of benzene rings is 3. The fraction of sp³-hybridized carbons (Fsp3) is 0.296. The number of nitrogens with two attached hydrogens (primary N) is 2. The van der Waals surface area contributed by atoms with Gasteiger partial charge in [-0.25, -0.2) is 0 Å². The predicted molar refractivity (Wildman–Crippen MR) is 134 cm³/mol. The van der Waals surface area contributed by atoms with Crippen molar-refractivity contribution in [2.45, 2.75) is 24.9 Å². The summed E-state index contributed by atoms with van der Waals surface area (Å²) in [5.41, 5.74) is 17.2. The van der Waals surface area contributed by atoms with Crippen LogP contribution in [0.25, 0.3) is 0 Å². The van der Waals surface area contributed by atoms with E-state index in [4.69, 9.17) is 11.5 Å². The molecule has 3 aromatic rings. The number of piperidine rings is 1. The number of hydrogen-bond acceptors (Lipinski definition) is 5. The summed E-state index contributed by atoms with van der Waals surface area (Å²) in [5.74, 6) is 0.544. The zero-order valence-corrected chi connectivity index (χ0v) is 18.8. The molecular weight excluding hydrogens is 410 g/mol. The molecule has 2 aliphatic heterocycles.